The Kier molecular flexibility index (Phi) is 4.18. The molecule has 0 spiro atoms. The van der Waals surface area contributed by atoms with Crippen LogP contribution in [0.25, 0.3) is 0 Å². The summed E-state index contributed by atoms with van der Waals surface area (Å²) in [5.74, 6) is 0.224. The van der Waals surface area contributed by atoms with Crippen molar-refractivity contribution < 1.29 is 9.90 Å². The Morgan fingerprint density at radius 2 is 2.25 bits per heavy atom. The quantitative estimate of drug-likeness (QED) is 0.898. The highest BCUT2D eigenvalue weighted by molar-refractivity contribution is 5.66. The van der Waals surface area contributed by atoms with Gasteiger partial charge in [0.2, 0.25) is 0 Å². The molecule has 1 saturated heterocycles. The number of nitrogens with zero attached hydrogens (tertiary/aromatic N) is 4. The molecule has 1 unspecified atom stereocenters. The van der Waals surface area contributed by atoms with Crippen LogP contribution in [-0.2, 0) is 4.79 Å². The van der Waals surface area contributed by atoms with Crippen molar-refractivity contribution in [3.63, 3.8) is 0 Å². The maximum atomic E-state index is 10.6. The number of rotatable bonds is 4. The summed E-state index contributed by atoms with van der Waals surface area (Å²) >= 11 is 0. The predicted molar refractivity (Wildman–Crippen MR) is 73.4 cm³/mol. The second-order valence-corrected chi connectivity index (χ2v) is 5.25. The predicted octanol–water partition coefficient (Wildman–Crippen LogP) is 1.66. The van der Waals surface area contributed by atoms with Gasteiger partial charge in [-0.3, -0.25) is 4.79 Å². The van der Waals surface area contributed by atoms with Crippen LogP contribution in [0.3, 0.4) is 0 Å². The van der Waals surface area contributed by atoms with Crippen LogP contribution in [0.4, 0.5) is 5.82 Å². The first-order valence-corrected chi connectivity index (χ1v) is 6.73. The Hall–Kier alpha value is -2.16. The number of nitriles is 1. The monoisotopic (exact) mass is 274 g/mol. The zero-order valence-electron chi connectivity index (χ0n) is 11.8. The fraction of sp³-hybridized carbons (Fsp3) is 0.571. The van der Waals surface area contributed by atoms with Gasteiger partial charge in [0, 0.05) is 19.5 Å². The number of aliphatic carboxylic acids is 1. The van der Waals surface area contributed by atoms with E-state index in [4.69, 9.17) is 5.11 Å². The summed E-state index contributed by atoms with van der Waals surface area (Å²) in [6.45, 7) is 5.27. The van der Waals surface area contributed by atoms with E-state index in [9.17, 15) is 10.1 Å². The fourth-order valence-corrected chi connectivity index (χ4v) is 2.54. The highest BCUT2D eigenvalue weighted by atomic mass is 16.4. The molecular weight excluding hydrogens is 256 g/mol. The number of carboxylic acid groups (broad SMARTS) is 1. The number of aryl methyl sites for hydroxylation is 1. The van der Waals surface area contributed by atoms with Crippen LogP contribution in [0.2, 0.25) is 0 Å². The summed E-state index contributed by atoms with van der Waals surface area (Å²) in [5.41, 5.74) is 2.22. The zero-order valence-corrected chi connectivity index (χ0v) is 11.8. The topological polar surface area (TPSA) is 90.1 Å². The van der Waals surface area contributed by atoms with Gasteiger partial charge < -0.3 is 10.0 Å². The number of carbonyl (C=O) groups is 1. The van der Waals surface area contributed by atoms with Crippen molar-refractivity contribution >= 4 is 11.8 Å². The molecule has 0 amide bonds. The van der Waals surface area contributed by atoms with Gasteiger partial charge in [-0.05, 0) is 38.2 Å². The largest absolute Gasteiger partial charge is 0.481 e. The summed E-state index contributed by atoms with van der Waals surface area (Å²) in [7, 11) is 0. The summed E-state index contributed by atoms with van der Waals surface area (Å²) in [6.07, 6.45) is 1.81. The average molecular weight is 274 g/mol. The number of anilines is 1. The molecule has 2 heterocycles. The van der Waals surface area contributed by atoms with Gasteiger partial charge >= 0.3 is 5.97 Å². The molecule has 1 N–H and O–H groups in total. The number of aromatic nitrogens is 2. The second-order valence-electron chi connectivity index (χ2n) is 5.25. The molecule has 6 nitrogen and oxygen atoms in total. The summed E-state index contributed by atoms with van der Waals surface area (Å²) in [5, 5.41) is 26.3. The van der Waals surface area contributed by atoms with Crippen LogP contribution in [0.15, 0.2) is 0 Å². The van der Waals surface area contributed by atoms with Gasteiger partial charge in [0.1, 0.15) is 11.6 Å². The third kappa shape index (κ3) is 2.87. The lowest BCUT2D eigenvalue weighted by Gasteiger charge is -2.19. The number of hydrogen-bond acceptors (Lipinski definition) is 5. The normalized spacial score (nSPS) is 18.1. The lowest BCUT2D eigenvalue weighted by molar-refractivity contribution is -0.137. The minimum Gasteiger partial charge on any atom is -0.481 e. The molecule has 0 aromatic carbocycles. The minimum atomic E-state index is -0.757. The lowest BCUT2D eigenvalue weighted by atomic mass is 10.0. The van der Waals surface area contributed by atoms with E-state index in [0.29, 0.717) is 23.7 Å². The Balaban J connectivity index is 2.13. The van der Waals surface area contributed by atoms with Crippen LogP contribution >= 0.6 is 0 Å². The Labute approximate surface area is 118 Å². The maximum absolute atomic E-state index is 10.6. The van der Waals surface area contributed by atoms with Crippen LogP contribution in [-0.4, -0.2) is 34.4 Å². The molecule has 0 aliphatic carbocycles. The first-order valence-electron chi connectivity index (χ1n) is 6.73. The Morgan fingerprint density at radius 1 is 1.50 bits per heavy atom. The minimum absolute atomic E-state index is 0.197. The maximum Gasteiger partial charge on any atom is 0.303 e. The van der Waals surface area contributed by atoms with Crippen LogP contribution in [0.1, 0.15) is 36.1 Å². The molecule has 1 fully saturated rings. The van der Waals surface area contributed by atoms with Crippen molar-refractivity contribution in [3.05, 3.63) is 16.8 Å². The molecule has 0 radical (unpaired) electrons. The molecule has 106 valence electrons. The van der Waals surface area contributed by atoms with Crippen molar-refractivity contribution in [1.29, 1.82) is 5.26 Å². The molecule has 6 heteroatoms. The smallest absolute Gasteiger partial charge is 0.303 e. The third-order valence-corrected chi connectivity index (χ3v) is 3.90. The molecule has 1 atom stereocenters. The summed E-state index contributed by atoms with van der Waals surface area (Å²) in [4.78, 5) is 12.7. The number of carboxylic acids is 1. The SMILES string of the molecule is Cc1nnc(N2CCC(CCC(=O)O)C2)c(C#N)c1C. The van der Waals surface area contributed by atoms with Gasteiger partial charge in [0.05, 0.1) is 5.69 Å². The van der Waals surface area contributed by atoms with Gasteiger partial charge in [-0.15, -0.1) is 5.10 Å². The van der Waals surface area contributed by atoms with Crippen LogP contribution in [0, 0.1) is 31.1 Å². The fourth-order valence-electron chi connectivity index (χ4n) is 2.54. The Morgan fingerprint density at radius 3 is 2.90 bits per heavy atom. The van der Waals surface area contributed by atoms with E-state index in [-0.39, 0.29) is 6.42 Å². The van der Waals surface area contributed by atoms with Crippen molar-refractivity contribution in [2.24, 2.45) is 5.92 Å². The van der Waals surface area contributed by atoms with Crippen molar-refractivity contribution in [1.82, 2.24) is 10.2 Å². The highest BCUT2D eigenvalue weighted by Crippen LogP contribution is 2.28. The highest BCUT2D eigenvalue weighted by Gasteiger charge is 2.26. The second kappa shape index (κ2) is 5.87. The molecule has 1 aromatic heterocycles. The molecule has 1 aliphatic rings. The Bertz CT molecular complexity index is 565. The van der Waals surface area contributed by atoms with Crippen molar-refractivity contribution in [3.8, 4) is 6.07 Å². The van der Waals surface area contributed by atoms with E-state index in [0.717, 1.165) is 30.8 Å². The van der Waals surface area contributed by atoms with E-state index in [1.165, 1.54) is 0 Å². The molecule has 0 bridgehead atoms. The van der Waals surface area contributed by atoms with Gasteiger partial charge in [-0.1, -0.05) is 0 Å². The van der Waals surface area contributed by atoms with Gasteiger partial charge in [-0.2, -0.15) is 10.4 Å². The van der Waals surface area contributed by atoms with Crippen LogP contribution in [0.5, 0.6) is 0 Å². The molecule has 2 rings (SSSR count). The van der Waals surface area contributed by atoms with E-state index < -0.39 is 5.97 Å². The lowest BCUT2D eigenvalue weighted by Crippen LogP contribution is -2.23. The van der Waals surface area contributed by atoms with E-state index in [2.05, 4.69) is 16.3 Å². The standard InChI is InChI=1S/C14H18N4O2/c1-9-10(2)16-17-14(12(9)7-15)18-6-5-11(8-18)3-4-13(19)20/h11H,3-6,8H2,1-2H3,(H,19,20). The molecule has 1 aliphatic heterocycles. The van der Waals surface area contributed by atoms with E-state index in [1.54, 1.807) is 0 Å². The van der Waals surface area contributed by atoms with Gasteiger partial charge in [-0.25, -0.2) is 0 Å². The van der Waals surface area contributed by atoms with Crippen molar-refractivity contribution in [2.75, 3.05) is 18.0 Å². The first-order chi connectivity index (χ1) is 9.52. The molecular formula is C14H18N4O2. The van der Waals surface area contributed by atoms with Crippen LogP contribution < -0.4 is 4.90 Å². The summed E-state index contributed by atoms with van der Waals surface area (Å²) < 4.78 is 0. The third-order valence-electron chi connectivity index (χ3n) is 3.90. The molecule has 1 aromatic rings. The summed E-state index contributed by atoms with van der Waals surface area (Å²) in [6, 6.07) is 2.21. The van der Waals surface area contributed by atoms with Gasteiger partial charge in [0.15, 0.2) is 5.82 Å². The molecule has 20 heavy (non-hydrogen) atoms. The first kappa shape index (κ1) is 14.3. The van der Waals surface area contributed by atoms with E-state index in [1.807, 2.05) is 18.7 Å². The van der Waals surface area contributed by atoms with Crippen molar-refractivity contribution in [2.45, 2.75) is 33.1 Å². The zero-order chi connectivity index (χ0) is 14.7. The number of hydrogen-bond donors (Lipinski definition) is 1. The van der Waals surface area contributed by atoms with E-state index >= 15 is 0 Å². The average Bonchev–Trinajstić information content (AvgIpc) is 2.88. The van der Waals surface area contributed by atoms with Gasteiger partial charge in [0.25, 0.3) is 0 Å². The molecule has 0 saturated carbocycles.